The van der Waals surface area contributed by atoms with Crippen molar-refractivity contribution in [3.05, 3.63) is 17.5 Å². The fraction of sp³-hybridized carbons (Fsp3) is 0.571. The maximum Gasteiger partial charge on any atom is 0.226 e. The zero-order chi connectivity index (χ0) is 15.0. The van der Waals surface area contributed by atoms with E-state index in [1.807, 2.05) is 0 Å². The number of aromatic nitrogens is 4. The summed E-state index contributed by atoms with van der Waals surface area (Å²) >= 11 is 6.13. The molecule has 0 unspecified atom stereocenters. The molecule has 0 spiro atoms. The van der Waals surface area contributed by atoms with E-state index in [2.05, 4.69) is 59.9 Å². The summed E-state index contributed by atoms with van der Waals surface area (Å²) in [6.07, 6.45) is 4.14. The van der Waals surface area contributed by atoms with Gasteiger partial charge in [0.25, 0.3) is 0 Å². The molecule has 6 heteroatoms. The van der Waals surface area contributed by atoms with Crippen LogP contribution in [0.5, 0.6) is 0 Å². The van der Waals surface area contributed by atoms with Gasteiger partial charge in [-0.3, -0.25) is 0 Å². The third-order valence-corrected chi connectivity index (χ3v) is 2.98. The van der Waals surface area contributed by atoms with Crippen molar-refractivity contribution in [2.24, 2.45) is 5.41 Å². The van der Waals surface area contributed by atoms with Gasteiger partial charge < -0.3 is 5.32 Å². The SMILES string of the molecule is CC(C)(C)CC(C)(C)Nc1nc(Cl)c2nccnc2n1. The normalized spacial score (nSPS) is 12.7. The van der Waals surface area contributed by atoms with E-state index in [9.17, 15) is 0 Å². The Morgan fingerprint density at radius 2 is 1.70 bits per heavy atom. The molecule has 5 nitrogen and oxygen atoms in total. The molecule has 0 aliphatic heterocycles. The van der Waals surface area contributed by atoms with Crippen LogP contribution in [0.3, 0.4) is 0 Å². The molecule has 0 amide bonds. The second kappa shape index (κ2) is 5.13. The van der Waals surface area contributed by atoms with Crippen LogP contribution in [-0.2, 0) is 0 Å². The Labute approximate surface area is 124 Å². The molecule has 2 rings (SSSR count). The Morgan fingerprint density at radius 3 is 2.35 bits per heavy atom. The predicted molar refractivity (Wildman–Crippen MR) is 81.9 cm³/mol. The second-order valence-corrected chi connectivity index (χ2v) is 7.17. The van der Waals surface area contributed by atoms with Gasteiger partial charge in [-0.15, -0.1) is 0 Å². The molecule has 0 radical (unpaired) electrons. The van der Waals surface area contributed by atoms with Crippen LogP contribution >= 0.6 is 11.6 Å². The maximum atomic E-state index is 6.13. The first-order valence-electron chi connectivity index (χ1n) is 6.59. The van der Waals surface area contributed by atoms with Crippen molar-refractivity contribution in [1.82, 2.24) is 19.9 Å². The van der Waals surface area contributed by atoms with Gasteiger partial charge in [-0.1, -0.05) is 32.4 Å². The zero-order valence-corrected chi connectivity index (χ0v) is 13.3. The van der Waals surface area contributed by atoms with Crippen LogP contribution in [0.2, 0.25) is 5.15 Å². The van der Waals surface area contributed by atoms with E-state index in [1.54, 1.807) is 12.4 Å². The van der Waals surface area contributed by atoms with Gasteiger partial charge in [-0.2, -0.15) is 9.97 Å². The first kappa shape index (κ1) is 14.9. The minimum Gasteiger partial charge on any atom is -0.349 e. The summed E-state index contributed by atoms with van der Waals surface area (Å²) in [4.78, 5) is 16.9. The highest BCUT2D eigenvalue weighted by Gasteiger charge is 2.26. The molecular weight excluding hydrogens is 274 g/mol. The van der Waals surface area contributed by atoms with Crippen molar-refractivity contribution >= 4 is 28.7 Å². The highest BCUT2D eigenvalue weighted by molar-refractivity contribution is 6.33. The van der Waals surface area contributed by atoms with E-state index in [-0.39, 0.29) is 11.0 Å². The number of nitrogens with one attached hydrogen (secondary N) is 1. The summed E-state index contributed by atoms with van der Waals surface area (Å²) in [5, 5.41) is 3.65. The Morgan fingerprint density at radius 1 is 1.05 bits per heavy atom. The third-order valence-electron chi connectivity index (χ3n) is 2.71. The van der Waals surface area contributed by atoms with Gasteiger partial charge in [0.2, 0.25) is 5.95 Å². The van der Waals surface area contributed by atoms with Gasteiger partial charge in [0.05, 0.1) is 0 Å². The number of hydrogen-bond donors (Lipinski definition) is 1. The first-order chi connectivity index (χ1) is 9.16. The van der Waals surface area contributed by atoms with Gasteiger partial charge in [-0.25, -0.2) is 9.97 Å². The Bertz CT molecular complexity index is 618. The highest BCUT2D eigenvalue weighted by Crippen LogP contribution is 2.29. The fourth-order valence-corrected chi connectivity index (χ4v) is 2.77. The van der Waals surface area contributed by atoms with Crippen LogP contribution in [-0.4, -0.2) is 25.5 Å². The quantitative estimate of drug-likeness (QED) is 0.874. The van der Waals surface area contributed by atoms with Crippen molar-refractivity contribution in [1.29, 1.82) is 0 Å². The topological polar surface area (TPSA) is 63.6 Å². The van der Waals surface area contributed by atoms with Crippen LogP contribution in [0.15, 0.2) is 12.4 Å². The lowest BCUT2D eigenvalue weighted by Gasteiger charge is -2.33. The standard InChI is InChI=1S/C14H20ClN5/c1-13(2,3)8-14(4,5)20-12-18-10(15)9-11(19-12)17-7-6-16-9/h6-7H,8H2,1-5H3,(H,17,18,19,20). The lowest BCUT2D eigenvalue weighted by atomic mass is 9.82. The average molecular weight is 294 g/mol. The summed E-state index contributed by atoms with van der Waals surface area (Å²) in [6.45, 7) is 10.9. The number of nitrogens with zero attached hydrogens (tertiary/aromatic N) is 4. The summed E-state index contributed by atoms with van der Waals surface area (Å²) < 4.78 is 0. The number of anilines is 1. The lowest BCUT2D eigenvalue weighted by Crippen LogP contribution is -2.36. The Hall–Kier alpha value is -1.49. The Balaban J connectivity index is 2.30. The van der Waals surface area contributed by atoms with E-state index in [0.29, 0.717) is 22.3 Å². The fourth-order valence-electron chi connectivity index (χ4n) is 2.56. The van der Waals surface area contributed by atoms with E-state index in [0.717, 1.165) is 6.42 Å². The molecule has 2 aromatic heterocycles. The molecule has 2 heterocycles. The van der Waals surface area contributed by atoms with Gasteiger partial charge in [0.15, 0.2) is 10.8 Å². The Kier molecular flexibility index (Phi) is 3.82. The lowest BCUT2D eigenvalue weighted by molar-refractivity contribution is 0.301. The number of fused-ring (bicyclic) bond motifs is 1. The van der Waals surface area contributed by atoms with Crippen molar-refractivity contribution in [3.63, 3.8) is 0 Å². The van der Waals surface area contributed by atoms with Gasteiger partial charge in [-0.05, 0) is 25.7 Å². The number of hydrogen-bond acceptors (Lipinski definition) is 5. The first-order valence-corrected chi connectivity index (χ1v) is 6.97. The average Bonchev–Trinajstić information content (AvgIpc) is 2.24. The summed E-state index contributed by atoms with van der Waals surface area (Å²) in [5.74, 6) is 0.484. The van der Waals surface area contributed by atoms with Crippen LogP contribution in [0.4, 0.5) is 5.95 Å². The number of rotatable bonds is 3. The smallest absolute Gasteiger partial charge is 0.226 e. The number of halogens is 1. The van der Waals surface area contributed by atoms with Crippen molar-refractivity contribution < 1.29 is 0 Å². The van der Waals surface area contributed by atoms with E-state index in [1.165, 1.54) is 0 Å². The molecule has 0 aromatic carbocycles. The molecule has 2 aromatic rings. The van der Waals surface area contributed by atoms with E-state index < -0.39 is 0 Å². The molecule has 0 bridgehead atoms. The largest absolute Gasteiger partial charge is 0.349 e. The second-order valence-electron chi connectivity index (χ2n) is 6.81. The van der Waals surface area contributed by atoms with Crippen LogP contribution < -0.4 is 5.32 Å². The van der Waals surface area contributed by atoms with Crippen LogP contribution in [0.1, 0.15) is 41.0 Å². The minimum absolute atomic E-state index is 0.141. The molecular formula is C14H20ClN5. The molecule has 0 aliphatic rings. The van der Waals surface area contributed by atoms with Crippen LogP contribution in [0.25, 0.3) is 11.2 Å². The molecule has 0 atom stereocenters. The zero-order valence-electron chi connectivity index (χ0n) is 12.5. The highest BCUT2D eigenvalue weighted by atomic mass is 35.5. The van der Waals surface area contributed by atoms with Crippen molar-refractivity contribution in [3.8, 4) is 0 Å². The molecule has 108 valence electrons. The van der Waals surface area contributed by atoms with Crippen molar-refractivity contribution in [2.45, 2.75) is 46.6 Å². The van der Waals surface area contributed by atoms with Crippen molar-refractivity contribution in [2.75, 3.05) is 5.32 Å². The third kappa shape index (κ3) is 3.76. The molecule has 20 heavy (non-hydrogen) atoms. The monoisotopic (exact) mass is 293 g/mol. The minimum atomic E-state index is -0.141. The molecule has 0 saturated carbocycles. The molecule has 0 fully saturated rings. The van der Waals surface area contributed by atoms with Crippen LogP contribution in [0, 0.1) is 5.41 Å². The molecule has 0 saturated heterocycles. The predicted octanol–water partition coefficient (Wildman–Crippen LogP) is 3.70. The summed E-state index contributed by atoms with van der Waals surface area (Å²) in [7, 11) is 0. The summed E-state index contributed by atoms with van der Waals surface area (Å²) in [5.41, 5.74) is 1.09. The van der Waals surface area contributed by atoms with E-state index >= 15 is 0 Å². The molecule has 1 N–H and O–H groups in total. The maximum absolute atomic E-state index is 6.13. The summed E-state index contributed by atoms with van der Waals surface area (Å²) in [6, 6.07) is 0. The van der Waals surface area contributed by atoms with E-state index in [4.69, 9.17) is 11.6 Å². The van der Waals surface area contributed by atoms with Gasteiger partial charge >= 0.3 is 0 Å². The molecule has 0 aliphatic carbocycles. The van der Waals surface area contributed by atoms with Gasteiger partial charge in [0, 0.05) is 17.9 Å². The van der Waals surface area contributed by atoms with Gasteiger partial charge in [0.1, 0.15) is 5.52 Å².